The normalized spacial score (nSPS) is 28.1. The van der Waals surface area contributed by atoms with E-state index in [2.05, 4.69) is 39.9 Å². The van der Waals surface area contributed by atoms with Gasteiger partial charge in [-0.1, -0.05) is 26.7 Å². The van der Waals surface area contributed by atoms with Gasteiger partial charge in [0.15, 0.2) is 0 Å². The van der Waals surface area contributed by atoms with Crippen LogP contribution in [0.15, 0.2) is 0 Å². The molecule has 17 heavy (non-hydrogen) atoms. The van der Waals surface area contributed by atoms with Gasteiger partial charge in [-0.15, -0.1) is 0 Å². The molecule has 0 aliphatic heterocycles. The maximum Gasteiger partial charge on any atom is 0.0675 e. The van der Waals surface area contributed by atoms with Crippen molar-refractivity contribution in [2.75, 3.05) is 6.54 Å². The average molecular weight is 241 g/mol. The molecule has 1 fully saturated rings. The maximum absolute atomic E-state index is 6.14. The second-order valence-electron chi connectivity index (χ2n) is 6.46. The summed E-state index contributed by atoms with van der Waals surface area (Å²) < 4.78 is 6.14. The highest BCUT2D eigenvalue weighted by molar-refractivity contribution is 4.77. The van der Waals surface area contributed by atoms with Crippen molar-refractivity contribution in [3.05, 3.63) is 0 Å². The van der Waals surface area contributed by atoms with Gasteiger partial charge in [0.05, 0.1) is 12.2 Å². The van der Waals surface area contributed by atoms with Crippen LogP contribution in [-0.4, -0.2) is 24.3 Å². The van der Waals surface area contributed by atoms with Crippen molar-refractivity contribution in [1.29, 1.82) is 0 Å². The van der Waals surface area contributed by atoms with Gasteiger partial charge in [0.1, 0.15) is 0 Å². The molecular weight excluding hydrogens is 210 g/mol. The zero-order chi connectivity index (χ0) is 12.9. The Balaban J connectivity index is 2.22. The third-order valence-corrected chi connectivity index (χ3v) is 4.06. The molecule has 0 radical (unpaired) electrons. The minimum absolute atomic E-state index is 0.234. The molecule has 102 valence electrons. The third kappa shape index (κ3) is 5.87. The minimum atomic E-state index is 0.234. The summed E-state index contributed by atoms with van der Waals surface area (Å²) in [5.74, 6) is 0.848. The van der Waals surface area contributed by atoms with E-state index in [4.69, 9.17) is 4.74 Å². The van der Waals surface area contributed by atoms with Crippen LogP contribution in [-0.2, 0) is 4.74 Å². The zero-order valence-corrected chi connectivity index (χ0v) is 12.4. The van der Waals surface area contributed by atoms with Crippen molar-refractivity contribution in [2.24, 2.45) is 5.92 Å². The first-order valence-corrected chi connectivity index (χ1v) is 7.33. The first-order valence-electron chi connectivity index (χ1n) is 7.33. The van der Waals surface area contributed by atoms with Gasteiger partial charge in [0.25, 0.3) is 0 Å². The molecule has 0 aromatic heterocycles. The van der Waals surface area contributed by atoms with Crippen molar-refractivity contribution < 1.29 is 4.74 Å². The fraction of sp³-hybridized carbons (Fsp3) is 1.00. The SMILES string of the molecule is CCC(C)(C)NCC(C)OC1CCCC(C)C1. The molecular formula is C15H31NO. The second kappa shape index (κ2) is 6.75. The van der Waals surface area contributed by atoms with Gasteiger partial charge in [0.2, 0.25) is 0 Å². The van der Waals surface area contributed by atoms with Crippen LogP contribution >= 0.6 is 0 Å². The van der Waals surface area contributed by atoms with E-state index in [1.807, 2.05) is 0 Å². The Hall–Kier alpha value is -0.0800. The molecule has 1 saturated carbocycles. The first-order chi connectivity index (χ1) is 7.93. The van der Waals surface area contributed by atoms with Crippen LogP contribution in [0.25, 0.3) is 0 Å². The number of ether oxygens (including phenoxy) is 1. The van der Waals surface area contributed by atoms with Gasteiger partial charge < -0.3 is 10.1 Å². The predicted octanol–water partition coefficient (Wildman–Crippen LogP) is 3.75. The molecule has 2 nitrogen and oxygen atoms in total. The Morgan fingerprint density at radius 2 is 2.06 bits per heavy atom. The molecule has 3 atom stereocenters. The Labute approximate surface area is 108 Å². The summed E-state index contributed by atoms with van der Waals surface area (Å²) in [5, 5.41) is 3.58. The van der Waals surface area contributed by atoms with Crippen LogP contribution in [0.5, 0.6) is 0 Å². The van der Waals surface area contributed by atoms with Crippen LogP contribution in [0, 0.1) is 5.92 Å². The third-order valence-electron chi connectivity index (χ3n) is 4.06. The van der Waals surface area contributed by atoms with Gasteiger partial charge in [0, 0.05) is 12.1 Å². The van der Waals surface area contributed by atoms with Crippen molar-refractivity contribution in [3.63, 3.8) is 0 Å². The number of hydrogen-bond acceptors (Lipinski definition) is 2. The van der Waals surface area contributed by atoms with E-state index < -0.39 is 0 Å². The van der Waals surface area contributed by atoms with E-state index in [0.29, 0.717) is 12.2 Å². The smallest absolute Gasteiger partial charge is 0.0675 e. The van der Waals surface area contributed by atoms with E-state index in [-0.39, 0.29) is 5.54 Å². The molecule has 3 unspecified atom stereocenters. The molecule has 2 heteroatoms. The van der Waals surface area contributed by atoms with E-state index in [0.717, 1.165) is 18.9 Å². The summed E-state index contributed by atoms with van der Waals surface area (Å²) >= 11 is 0. The second-order valence-corrected chi connectivity index (χ2v) is 6.46. The lowest BCUT2D eigenvalue weighted by atomic mass is 9.88. The van der Waals surface area contributed by atoms with Crippen LogP contribution in [0.4, 0.5) is 0 Å². The van der Waals surface area contributed by atoms with Gasteiger partial charge in [-0.2, -0.15) is 0 Å². The summed E-state index contributed by atoms with van der Waals surface area (Å²) in [7, 11) is 0. The molecule has 0 spiro atoms. The largest absolute Gasteiger partial charge is 0.374 e. The fourth-order valence-electron chi connectivity index (χ4n) is 2.42. The molecule has 1 aliphatic rings. The molecule has 0 bridgehead atoms. The molecule has 0 aromatic carbocycles. The molecule has 0 aromatic rings. The van der Waals surface area contributed by atoms with Gasteiger partial charge in [-0.05, 0) is 46.0 Å². The first kappa shape index (κ1) is 15.0. The number of rotatable bonds is 6. The van der Waals surface area contributed by atoms with E-state index in [1.165, 1.54) is 25.7 Å². The predicted molar refractivity (Wildman–Crippen MR) is 74.3 cm³/mol. The van der Waals surface area contributed by atoms with Crippen LogP contribution in [0.3, 0.4) is 0 Å². The maximum atomic E-state index is 6.14. The van der Waals surface area contributed by atoms with E-state index in [1.54, 1.807) is 0 Å². The van der Waals surface area contributed by atoms with Crippen LogP contribution in [0.1, 0.15) is 66.7 Å². The summed E-state index contributed by atoms with van der Waals surface area (Å²) in [4.78, 5) is 0. The van der Waals surface area contributed by atoms with Gasteiger partial charge >= 0.3 is 0 Å². The summed E-state index contributed by atoms with van der Waals surface area (Å²) in [6.45, 7) is 12.2. The zero-order valence-electron chi connectivity index (χ0n) is 12.4. The highest BCUT2D eigenvalue weighted by atomic mass is 16.5. The van der Waals surface area contributed by atoms with Crippen molar-refractivity contribution in [1.82, 2.24) is 5.32 Å². The van der Waals surface area contributed by atoms with Crippen LogP contribution < -0.4 is 5.32 Å². The minimum Gasteiger partial charge on any atom is -0.374 e. The number of hydrogen-bond donors (Lipinski definition) is 1. The molecule has 1 N–H and O–H groups in total. The highest BCUT2D eigenvalue weighted by Crippen LogP contribution is 2.26. The lowest BCUT2D eigenvalue weighted by molar-refractivity contribution is -0.0315. The molecule has 0 amide bonds. The van der Waals surface area contributed by atoms with E-state index >= 15 is 0 Å². The Morgan fingerprint density at radius 1 is 1.35 bits per heavy atom. The molecule has 1 rings (SSSR count). The molecule has 0 heterocycles. The van der Waals surface area contributed by atoms with Gasteiger partial charge in [-0.3, -0.25) is 0 Å². The van der Waals surface area contributed by atoms with Crippen molar-refractivity contribution in [2.45, 2.75) is 84.5 Å². The standard InChI is InChI=1S/C15H31NO/c1-6-15(4,5)16-11-13(3)17-14-9-7-8-12(2)10-14/h12-14,16H,6-11H2,1-5H3. The fourth-order valence-corrected chi connectivity index (χ4v) is 2.42. The molecule has 1 aliphatic carbocycles. The quantitative estimate of drug-likeness (QED) is 0.764. The lowest BCUT2D eigenvalue weighted by Crippen LogP contribution is -2.43. The number of nitrogens with one attached hydrogen (secondary N) is 1. The lowest BCUT2D eigenvalue weighted by Gasteiger charge is -2.31. The Kier molecular flexibility index (Phi) is 5.94. The topological polar surface area (TPSA) is 21.3 Å². The monoisotopic (exact) mass is 241 g/mol. The van der Waals surface area contributed by atoms with Gasteiger partial charge in [-0.25, -0.2) is 0 Å². The summed E-state index contributed by atoms with van der Waals surface area (Å²) in [6, 6.07) is 0. The average Bonchev–Trinajstić information content (AvgIpc) is 2.27. The Morgan fingerprint density at radius 3 is 2.65 bits per heavy atom. The highest BCUT2D eigenvalue weighted by Gasteiger charge is 2.22. The summed E-state index contributed by atoms with van der Waals surface area (Å²) in [5.41, 5.74) is 0.234. The summed E-state index contributed by atoms with van der Waals surface area (Å²) in [6.07, 6.45) is 7.21. The van der Waals surface area contributed by atoms with Crippen LogP contribution in [0.2, 0.25) is 0 Å². The molecule has 0 saturated heterocycles. The van der Waals surface area contributed by atoms with Crippen molar-refractivity contribution >= 4 is 0 Å². The van der Waals surface area contributed by atoms with E-state index in [9.17, 15) is 0 Å². The van der Waals surface area contributed by atoms with Crippen molar-refractivity contribution in [3.8, 4) is 0 Å². The Bertz CT molecular complexity index is 215.